The van der Waals surface area contributed by atoms with E-state index in [-0.39, 0.29) is 23.0 Å². The number of sulfonamides is 1. The van der Waals surface area contributed by atoms with E-state index in [1.165, 1.54) is 11.2 Å². The van der Waals surface area contributed by atoms with Crippen molar-refractivity contribution in [3.8, 4) is 0 Å². The van der Waals surface area contributed by atoms with Crippen LogP contribution in [0.15, 0.2) is 47.4 Å². The van der Waals surface area contributed by atoms with E-state index in [9.17, 15) is 18.0 Å². The third-order valence-electron chi connectivity index (χ3n) is 5.59. The van der Waals surface area contributed by atoms with Crippen LogP contribution < -0.4 is 5.32 Å². The molecule has 0 aliphatic rings. The quantitative estimate of drug-likeness (QED) is 0.454. The lowest BCUT2D eigenvalue weighted by Crippen LogP contribution is -2.30. The summed E-state index contributed by atoms with van der Waals surface area (Å²) in [6, 6.07) is 11.8. The Hall–Kier alpha value is -3.04. The second-order valence-corrected chi connectivity index (χ2v) is 9.64. The van der Waals surface area contributed by atoms with Crippen molar-refractivity contribution in [1.29, 1.82) is 0 Å². The van der Waals surface area contributed by atoms with Crippen LogP contribution in [0.25, 0.3) is 11.0 Å². The molecule has 9 heteroatoms. The maximum Gasteiger partial charge on any atom is 0.243 e. The number of hydrogen-bond donors (Lipinski definition) is 1. The summed E-state index contributed by atoms with van der Waals surface area (Å²) in [6.45, 7) is 8.53. The number of carbonyl (C=O) groups excluding carboxylic acids is 2. The Kier molecular flexibility index (Phi) is 7.65. The molecule has 1 aromatic heterocycles. The predicted octanol–water partition coefficient (Wildman–Crippen LogP) is 3.86. The van der Waals surface area contributed by atoms with Crippen LogP contribution in [0.3, 0.4) is 0 Å². The van der Waals surface area contributed by atoms with Crippen molar-refractivity contribution in [3.63, 3.8) is 0 Å². The average Bonchev–Trinajstić information content (AvgIpc) is 3.15. The van der Waals surface area contributed by atoms with Gasteiger partial charge in [-0.25, -0.2) is 13.4 Å². The minimum atomic E-state index is -3.58. The zero-order valence-corrected chi connectivity index (χ0v) is 20.3. The van der Waals surface area contributed by atoms with Crippen molar-refractivity contribution in [2.75, 3.05) is 18.4 Å². The Balaban J connectivity index is 1.80. The van der Waals surface area contributed by atoms with Gasteiger partial charge in [-0.2, -0.15) is 4.31 Å². The Bertz CT molecular complexity index is 1280. The summed E-state index contributed by atoms with van der Waals surface area (Å²) in [6.07, 6.45) is 0.608. The first-order valence-corrected chi connectivity index (χ1v) is 12.5. The highest BCUT2D eigenvalue weighted by molar-refractivity contribution is 7.89. The minimum Gasteiger partial charge on any atom is -0.328 e. The molecular formula is C24H30N4O4S. The van der Waals surface area contributed by atoms with E-state index < -0.39 is 10.0 Å². The zero-order chi connectivity index (χ0) is 24.2. The van der Waals surface area contributed by atoms with Crippen molar-refractivity contribution in [1.82, 2.24) is 13.9 Å². The largest absolute Gasteiger partial charge is 0.328 e. The smallest absolute Gasteiger partial charge is 0.243 e. The van der Waals surface area contributed by atoms with Crippen LogP contribution >= 0.6 is 0 Å². The molecular weight excluding hydrogens is 440 g/mol. The SMILES string of the molecule is CCN(CC)S(=O)(=O)c1ccc2c(c1)nc(CCC(=O)Nc1cccc(C(C)=O)c1)n2CC. The predicted molar refractivity (Wildman–Crippen MR) is 129 cm³/mol. The van der Waals surface area contributed by atoms with Gasteiger partial charge in [0.2, 0.25) is 15.9 Å². The van der Waals surface area contributed by atoms with Gasteiger partial charge in [0.1, 0.15) is 5.82 Å². The molecule has 33 heavy (non-hydrogen) atoms. The topological polar surface area (TPSA) is 101 Å². The number of carbonyl (C=O) groups is 2. The van der Waals surface area contributed by atoms with E-state index in [1.54, 1.807) is 42.5 Å². The number of nitrogens with zero attached hydrogens (tertiary/aromatic N) is 3. The van der Waals surface area contributed by atoms with Crippen LogP contribution in [0, 0.1) is 0 Å². The number of Topliss-reactive ketones (excluding diaryl/α,β-unsaturated/α-hetero) is 1. The average molecular weight is 471 g/mol. The second-order valence-electron chi connectivity index (χ2n) is 7.70. The Morgan fingerprint density at radius 2 is 1.79 bits per heavy atom. The van der Waals surface area contributed by atoms with E-state index >= 15 is 0 Å². The first-order chi connectivity index (χ1) is 15.7. The van der Waals surface area contributed by atoms with Crippen molar-refractivity contribution in [2.45, 2.75) is 52.0 Å². The molecule has 3 rings (SSSR count). The molecule has 1 amide bonds. The third kappa shape index (κ3) is 5.31. The number of imidazole rings is 1. The van der Waals surface area contributed by atoms with Gasteiger partial charge in [0, 0.05) is 43.7 Å². The highest BCUT2D eigenvalue weighted by atomic mass is 32.2. The van der Waals surface area contributed by atoms with Gasteiger partial charge in [-0.1, -0.05) is 26.0 Å². The van der Waals surface area contributed by atoms with Gasteiger partial charge in [0.05, 0.1) is 15.9 Å². The van der Waals surface area contributed by atoms with Gasteiger partial charge in [-0.15, -0.1) is 0 Å². The van der Waals surface area contributed by atoms with Crippen LogP contribution in [0.4, 0.5) is 5.69 Å². The molecule has 3 aromatic rings. The highest BCUT2D eigenvalue weighted by Gasteiger charge is 2.23. The fourth-order valence-corrected chi connectivity index (χ4v) is 5.32. The number of hydrogen-bond acceptors (Lipinski definition) is 5. The lowest BCUT2D eigenvalue weighted by molar-refractivity contribution is -0.116. The normalized spacial score (nSPS) is 11.8. The molecule has 0 saturated heterocycles. The van der Waals surface area contributed by atoms with Crippen LogP contribution in [-0.2, 0) is 27.8 Å². The molecule has 176 valence electrons. The van der Waals surface area contributed by atoms with E-state index in [1.807, 2.05) is 25.3 Å². The van der Waals surface area contributed by atoms with Crippen molar-refractivity contribution < 1.29 is 18.0 Å². The lowest BCUT2D eigenvalue weighted by atomic mass is 10.1. The van der Waals surface area contributed by atoms with Crippen molar-refractivity contribution >= 4 is 38.4 Å². The standard InChI is InChI=1S/C24H30N4O4S/c1-5-27(6-2)33(31,32)20-11-12-22-21(16-20)26-23(28(22)7-3)13-14-24(30)25-19-10-8-9-18(15-19)17(4)29/h8-12,15-16H,5-7,13-14H2,1-4H3,(H,25,30). The highest BCUT2D eigenvalue weighted by Crippen LogP contribution is 2.24. The van der Waals surface area contributed by atoms with Gasteiger partial charge in [-0.3, -0.25) is 9.59 Å². The molecule has 0 spiro atoms. The molecule has 0 fully saturated rings. The monoisotopic (exact) mass is 470 g/mol. The molecule has 0 aliphatic carbocycles. The Labute approximate surface area is 194 Å². The van der Waals surface area contributed by atoms with Gasteiger partial charge in [0.25, 0.3) is 0 Å². The summed E-state index contributed by atoms with van der Waals surface area (Å²) in [5.74, 6) is 0.470. The van der Waals surface area contributed by atoms with E-state index in [0.717, 1.165) is 11.3 Å². The fourth-order valence-electron chi connectivity index (χ4n) is 3.84. The molecule has 0 unspecified atom stereocenters. The van der Waals surface area contributed by atoms with Gasteiger partial charge >= 0.3 is 0 Å². The summed E-state index contributed by atoms with van der Waals surface area (Å²) in [4.78, 5) is 28.9. The third-order valence-corrected chi connectivity index (χ3v) is 7.63. The summed E-state index contributed by atoms with van der Waals surface area (Å²) in [5, 5.41) is 2.82. The summed E-state index contributed by atoms with van der Waals surface area (Å²) in [5.41, 5.74) is 2.54. The van der Waals surface area contributed by atoms with E-state index in [2.05, 4.69) is 10.3 Å². The van der Waals surface area contributed by atoms with Crippen molar-refractivity contribution in [2.24, 2.45) is 0 Å². The minimum absolute atomic E-state index is 0.0647. The lowest BCUT2D eigenvalue weighted by Gasteiger charge is -2.18. The molecule has 0 aliphatic heterocycles. The zero-order valence-electron chi connectivity index (χ0n) is 19.5. The Morgan fingerprint density at radius 3 is 2.42 bits per heavy atom. The Morgan fingerprint density at radius 1 is 1.06 bits per heavy atom. The molecule has 0 saturated carbocycles. The number of anilines is 1. The summed E-state index contributed by atoms with van der Waals surface area (Å²) in [7, 11) is -3.58. The molecule has 2 aromatic carbocycles. The van der Waals surface area contributed by atoms with Gasteiger partial charge in [0.15, 0.2) is 5.78 Å². The molecule has 8 nitrogen and oxygen atoms in total. The molecule has 0 atom stereocenters. The number of aromatic nitrogens is 2. The molecule has 1 heterocycles. The summed E-state index contributed by atoms with van der Waals surface area (Å²) >= 11 is 0. The van der Waals surface area contributed by atoms with E-state index in [0.29, 0.717) is 42.8 Å². The number of ketones is 1. The van der Waals surface area contributed by atoms with Crippen LogP contribution in [0.1, 0.15) is 50.3 Å². The number of amides is 1. The number of rotatable bonds is 10. The number of fused-ring (bicyclic) bond motifs is 1. The number of benzene rings is 2. The number of nitrogens with one attached hydrogen (secondary N) is 1. The van der Waals surface area contributed by atoms with Crippen LogP contribution in [0.2, 0.25) is 0 Å². The van der Waals surface area contributed by atoms with Crippen LogP contribution in [-0.4, -0.2) is 47.1 Å². The number of aryl methyl sites for hydroxylation is 2. The van der Waals surface area contributed by atoms with Crippen LogP contribution in [0.5, 0.6) is 0 Å². The second kappa shape index (κ2) is 10.3. The molecule has 0 bridgehead atoms. The fraction of sp³-hybridized carbons (Fsp3) is 0.375. The molecule has 0 radical (unpaired) electrons. The van der Waals surface area contributed by atoms with Gasteiger partial charge in [-0.05, 0) is 44.2 Å². The maximum absolute atomic E-state index is 12.9. The first-order valence-electron chi connectivity index (χ1n) is 11.1. The molecule has 1 N–H and O–H groups in total. The summed E-state index contributed by atoms with van der Waals surface area (Å²) < 4.78 is 29.1. The van der Waals surface area contributed by atoms with E-state index in [4.69, 9.17) is 0 Å². The first kappa shape index (κ1) is 24.6. The maximum atomic E-state index is 12.9. The van der Waals surface area contributed by atoms with Crippen molar-refractivity contribution in [3.05, 3.63) is 53.9 Å². The van der Waals surface area contributed by atoms with Gasteiger partial charge < -0.3 is 9.88 Å².